The summed E-state index contributed by atoms with van der Waals surface area (Å²) in [6.07, 6.45) is 11.0. The van der Waals surface area contributed by atoms with Crippen LogP contribution >= 0.6 is 0 Å². The van der Waals surface area contributed by atoms with Gasteiger partial charge in [-0.05, 0) is 43.2 Å². The van der Waals surface area contributed by atoms with Gasteiger partial charge in [-0.25, -0.2) is 0 Å². The lowest BCUT2D eigenvalue weighted by molar-refractivity contribution is 0.978. The summed E-state index contributed by atoms with van der Waals surface area (Å²) in [5, 5.41) is 0. The van der Waals surface area contributed by atoms with Crippen LogP contribution in [0.5, 0.6) is 0 Å². The number of allylic oxidation sites excluding steroid dienone is 3. The highest BCUT2D eigenvalue weighted by Gasteiger charge is 2.04. The highest BCUT2D eigenvalue weighted by Crippen LogP contribution is 2.18. The molecule has 0 nitrogen and oxygen atoms in total. The first-order chi connectivity index (χ1) is 7.36. The third-order valence-corrected chi connectivity index (χ3v) is 2.80. The van der Waals surface area contributed by atoms with E-state index in [2.05, 4.69) is 49.4 Å². The molecule has 0 heterocycles. The predicted molar refractivity (Wildman–Crippen MR) is 65.7 cm³/mol. The molecule has 2 rings (SSSR count). The molecule has 0 saturated heterocycles. The van der Waals surface area contributed by atoms with Crippen molar-refractivity contribution in [3.63, 3.8) is 0 Å². The first-order valence-electron chi connectivity index (χ1n) is 5.56. The maximum Gasteiger partial charge on any atom is -0.00640 e. The van der Waals surface area contributed by atoms with E-state index in [1.165, 1.54) is 16.7 Å². The maximum atomic E-state index is 4.13. The smallest absolute Gasteiger partial charge is 0.00640 e. The van der Waals surface area contributed by atoms with Crippen LogP contribution in [0.1, 0.15) is 24.0 Å². The molecule has 0 aliphatic heterocycles. The van der Waals surface area contributed by atoms with Crippen LogP contribution in [0.3, 0.4) is 0 Å². The van der Waals surface area contributed by atoms with Gasteiger partial charge >= 0.3 is 0 Å². The molecular weight excluding hydrogens is 180 g/mol. The van der Waals surface area contributed by atoms with Gasteiger partial charge in [0.2, 0.25) is 0 Å². The zero-order chi connectivity index (χ0) is 10.5. The normalized spacial score (nSPS) is 19.3. The van der Waals surface area contributed by atoms with Crippen molar-refractivity contribution in [1.29, 1.82) is 0 Å². The summed E-state index contributed by atoms with van der Waals surface area (Å²) >= 11 is 0. The lowest BCUT2D eigenvalue weighted by atomic mass is 9.94. The SMILES string of the molecule is C=C1C/C=C\C[CH]Cc2ccccc2C1. The number of fused-ring (bicyclic) bond motifs is 1. The zero-order valence-corrected chi connectivity index (χ0v) is 9.08. The Balaban J connectivity index is 2.23. The second kappa shape index (κ2) is 4.97. The Kier molecular flexibility index (Phi) is 3.39. The molecule has 15 heavy (non-hydrogen) atoms. The van der Waals surface area contributed by atoms with Crippen LogP contribution in [-0.2, 0) is 12.8 Å². The Morgan fingerprint density at radius 3 is 2.60 bits per heavy atom. The van der Waals surface area contributed by atoms with Gasteiger partial charge in [-0.3, -0.25) is 0 Å². The molecule has 0 aromatic heterocycles. The third kappa shape index (κ3) is 2.82. The standard InChI is InChI=1S/C15H17/c1-13-8-4-2-3-5-9-14-10-6-7-11-15(14)12-13/h2,4-7,10-11H,1,3,8-9,12H2/b4-2-. The molecule has 0 heteroatoms. The van der Waals surface area contributed by atoms with Crippen molar-refractivity contribution in [3.8, 4) is 0 Å². The van der Waals surface area contributed by atoms with Crippen LogP contribution in [0.25, 0.3) is 0 Å². The van der Waals surface area contributed by atoms with Gasteiger partial charge in [0.05, 0.1) is 0 Å². The summed E-state index contributed by atoms with van der Waals surface area (Å²) in [6.45, 7) is 4.13. The molecule has 1 radical (unpaired) electrons. The minimum Gasteiger partial charge on any atom is -0.0992 e. The summed E-state index contributed by atoms with van der Waals surface area (Å²) in [6, 6.07) is 8.69. The number of benzene rings is 1. The van der Waals surface area contributed by atoms with Crippen LogP contribution < -0.4 is 0 Å². The quantitative estimate of drug-likeness (QED) is 0.554. The highest BCUT2D eigenvalue weighted by atomic mass is 14.1. The number of rotatable bonds is 0. The van der Waals surface area contributed by atoms with Gasteiger partial charge in [0.15, 0.2) is 0 Å². The monoisotopic (exact) mass is 197 g/mol. The van der Waals surface area contributed by atoms with Gasteiger partial charge in [0, 0.05) is 0 Å². The van der Waals surface area contributed by atoms with Crippen LogP contribution in [0, 0.1) is 6.42 Å². The lowest BCUT2D eigenvalue weighted by Crippen LogP contribution is -1.97. The Morgan fingerprint density at radius 1 is 0.933 bits per heavy atom. The molecule has 0 amide bonds. The molecule has 77 valence electrons. The Bertz CT molecular complexity index is 371. The maximum absolute atomic E-state index is 4.13. The van der Waals surface area contributed by atoms with Gasteiger partial charge in [-0.2, -0.15) is 0 Å². The molecule has 1 aliphatic rings. The van der Waals surface area contributed by atoms with E-state index in [0.29, 0.717) is 0 Å². The Hall–Kier alpha value is -1.30. The van der Waals surface area contributed by atoms with Crippen LogP contribution in [-0.4, -0.2) is 0 Å². The first-order valence-corrected chi connectivity index (χ1v) is 5.56. The average Bonchev–Trinajstić information content (AvgIpc) is 2.25. The molecule has 0 fully saturated rings. The van der Waals surface area contributed by atoms with Crippen molar-refractivity contribution in [3.05, 3.63) is 66.1 Å². The Labute approximate surface area is 92.3 Å². The largest absolute Gasteiger partial charge is 0.0992 e. The molecule has 0 bridgehead atoms. The third-order valence-electron chi connectivity index (χ3n) is 2.80. The van der Waals surface area contributed by atoms with Crippen molar-refractivity contribution in [2.75, 3.05) is 0 Å². The van der Waals surface area contributed by atoms with Crippen molar-refractivity contribution < 1.29 is 0 Å². The molecule has 0 spiro atoms. The minimum absolute atomic E-state index is 1.02. The van der Waals surface area contributed by atoms with Crippen molar-refractivity contribution >= 4 is 0 Å². The minimum atomic E-state index is 1.02. The summed E-state index contributed by atoms with van der Waals surface area (Å²) in [4.78, 5) is 0. The predicted octanol–water partition coefficient (Wildman–Crippen LogP) is 3.88. The average molecular weight is 197 g/mol. The zero-order valence-electron chi connectivity index (χ0n) is 9.08. The van der Waals surface area contributed by atoms with Gasteiger partial charge in [0.1, 0.15) is 0 Å². The van der Waals surface area contributed by atoms with Gasteiger partial charge in [-0.15, -0.1) is 0 Å². The van der Waals surface area contributed by atoms with Crippen LogP contribution in [0.4, 0.5) is 0 Å². The molecular formula is C15H17. The number of hydrogen-bond donors (Lipinski definition) is 0. The number of hydrogen-bond acceptors (Lipinski definition) is 0. The summed E-state index contributed by atoms with van der Waals surface area (Å²) in [5.74, 6) is 0. The molecule has 0 saturated carbocycles. The molecule has 1 aliphatic carbocycles. The van der Waals surface area contributed by atoms with Crippen molar-refractivity contribution in [2.45, 2.75) is 25.7 Å². The Morgan fingerprint density at radius 2 is 1.73 bits per heavy atom. The van der Waals surface area contributed by atoms with E-state index in [9.17, 15) is 0 Å². The second-order valence-electron chi connectivity index (χ2n) is 4.10. The molecule has 1 aromatic rings. The van der Waals surface area contributed by atoms with Gasteiger partial charge < -0.3 is 0 Å². The van der Waals surface area contributed by atoms with E-state index in [-0.39, 0.29) is 0 Å². The second-order valence-corrected chi connectivity index (χ2v) is 4.10. The molecule has 1 aromatic carbocycles. The fourth-order valence-electron chi connectivity index (χ4n) is 1.95. The summed E-state index contributed by atoms with van der Waals surface area (Å²) in [7, 11) is 0. The molecule has 0 unspecified atom stereocenters. The van der Waals surface area contributed by atoms with E-state index in [1.807, 2.05) is 0 Å². The molecule has 0 atom stereocenters. The van der Waals surface area contributed by atoms with Crippen LogP contribution in [0.15, 0.2) is 48.6 Å². The van der Waals surface area contributed by atoms with E-state index in [1.54, 1.807) is 0 Å². The van der Waals surface area contributed by atoms with Gasteiger partial charge in [-0.1, -0.05) is 48.6 Å². The van der Waals surface area contributed by atoms with E-state index >= 15 is 0 Å². The van der Waals surface area contributed by atoms with E-state index in [0.717, 1.165) is 25.7 Å². The van der Waals surface area contributed by atoms with E-state index < -0.39 is 0 Å². The summed E-state index contributed by atoms with van der Waals surface area (Å²) < 4.78 is 0. The fraction of sp³-hybridized carbons (Fsp3) is 0.267. The van der Waals surface area contributed by atoms with Crippen molar-refractivity contribution in [1.82, 2.24) is 0 Å². The van der Waals surface area contributed by atoms with Crippen LogP contribution in [0.2, 0.25) is 0 Å². The van der Waals surface area contributed by atoms with E-state index in [4.69, 9.17) is 0 Å². The summed E-state index contributed by atoms with van der Waals surface area (Å²) in [5.41, 5.74) is 4.20. The highest BCUT2D eigenvalue weighted by molar-refractivity contribution is 5.32. The lowest BCUT2D eigenvalue weighted by Gasteiger charge is -2.11. The molecule has 0 N–H and O–H groups in total. The van der Waals surface area contributed by atoms with Gasteiger partial charge in [0.25, 0.3) is 0 Å². The first kappa shape index (κ1) is 10.2. The van der Waals surface area contributed by atoms with Crippen molar-refractivity contribution in [2.24, 2.45) is 0 Å². The fourth-order valence-corrected chi connectivity index (χ4v) is 1.95. The topological polar surface area (TPSA) is 0 Å².